The van der Waals surface area contributed by atoms with E-state index in [1.807, 2.05) is 0 Å². The fourth-order valence-corrected chi connectivity index (χ4v) is 3.36. The zero-order valence-corrected chi connectivity index (χ0v) is 14.5. The van der Waals surface area contributed by atoms with Crippen LogP contribution in [0.2, 0.25) is 0 Å². The molecule has 8 nitrogen and oxygen atoms in total. The first-order chi connectivity index (χ1) is 11.5. The Kier molecular flexibility index (Phi) is 4.61. The molecule has 9 heteroatoms. The minimum Gasteiger partial charge on any atom is -0.352 e. The van der Waals surface area contributed by atoms with E-state index in [1.54, 1.807) is 38.4 Å². The van der Waals surface area contributed by atoms with Crippen molar-refractivity contribution in [2.75, 3.05) is 36.0 Å². The normalized spacial score (nSPS) is 15.8. The summed E-state index contributed by atoms with van der Waals surface area (Å²) in [6.45, 7) is 6.33. The Bertz CT molecular complexity index is 771. The third kappa shape index (κ3) is 3.30. The van der Waals surface area contributed by atoms with Crippen molar-refractivity contribution in [3.63, 3.8) is 0 Å². The van der Waals surface area contributed by atoms with E-state index in [0.717, 1.165) is 32.1 Å². The first-order valence-corrected chi connectivity index (χ1v) is 9.37. The lowest BCUT2D eigenvalue weighted by Gasteiger charge is -2.35. The largest absolute Gasteiger partial charge is 0.352 e. The van der Waals surface area contributed by atoms with E-state index in [-0.39, 0.29) is 5.03 Å². The van der Waals surface area contributed by atoms with Crippen LogP contribution >= 0.6 is 0 Å². The number of aromatic nitrogens is 4. The van der Waals surface area contributed by atoms with Gasteiger partial charge in [0.2, 0.25) is 5.95 Å². The van der Waals surface area contributed by atoms with Gasteiger partial charge in [-0.25, -0.2) is 18.4 Å². The lowest BCUT2D eigenvalue weighted by molar-refractivity contribution is 0.580. The predicted molar refractivity (Wildman–Crippen MR) is 90.8 cm³/mol. The minimum absolute atomic E-state index is 0.0255. The van der Waals surface area contributed by atoms with Gasteiger partial charge in [-0.1, -0.05) is 0 Å². The van der Waals surface area contributed by atoms with Crippen molar-refractivity contribution in [3.8, 4) is 0 Å². The van der Waals surface area contributed by atoms with Crippen molar-refractivity contribution < 1.29 is 8.42 Å². The molecule has 0 bridgehead atoms. The summed E-state index contributed by atoms with van der Waals surface area (Å²) in [5, 5.41) is 7.52. The molecule has 1 aliphatic rings. The van der Waals surface area contributed by atoms with Crippen LogP contribution in [0.25, 0.3) is 0 Å². The van der Waals surface area contributed by atoms with E-state index in [1.165, 1.54) is 6.07 Å². The van der Waals surface area contributed by atoms with Crippen LogP contribution in [-0.2, 0) is 9.84 Å². The maximum absolute atomic E-state index is 12.1. The molecule has 0 radical (unpaired) electrons. The molecule has 1 saturated heterocycles. The van der Waals surface area contributed by atoms with Crippen LogP contribution in [0, 0.1) is 0 Å². The molecule has 0 unspecified atom stereocenters. The van der Waals surface area contributed by atoms with Crippen LogP contribution in [0.5, 0.6) is 0 Å². The van der Waals surface area contributed by atoms with Gasteiger partial charge in [0.25, 0.3) is 0 Å². The molecule has 0 aromatic carbocycles. The van der Waals surface area contributed by atoms with E-state index in [0.29, 0.717) is 5.82 Å². The summed E-state index contributed by atoms with van der Waals surface area (Å²) in [6, 6.07) is 5.05. The van der Waals surface area contributed by atoms with Gasteiger partial charge in [0.05, 0.1) is 5.25 Å². The summed E-state index contributed by atoms with van der Waals surface area (Å²) in [4.78, 5) is 12.7. The number of hydrogen-bond acceptors (Lipinski definition) is 8. The Morgan fingerprint density at radius 1 is 0.958 bits per heavy atom. The molecule has 0 spiro atoms. The summed E-state index contributed by atoms with van der Waals surface area (Å²) in [7, 11) is -3.39. The number of hydrogen-bond donors (Lipinski definition) is 0. The fraction of sp³-hybridized carbons (Fsp3) is 0.467. The van der Waals surface area contributed by atoms with Crippen LogP contribution in [0.1, 0.15) is 13.8 Å². The Morgan fingerprint density at radius 3 is 2.12 bits per heavy atom. The fourth-order valence-electron chi connectivity index (χ4n) is 2.46. The van der Waals surface area contributed by atoms with Gasteiger partial charge in [0.15, 0.2) is 20.7 Å². The van der Waals surface area contributed by atoms with Gasteiger partial charge >= 0.3 is 0 Å². The zero-order chi connectivity index (χ0) is 17.2. The molecular formula is C15H20N6O2S. The van der Waals surface area contributed by atoms with Crippen molar-refractivity contribution in [1.29, 1.82) is 0 Å². The molecule has 0 atom stereocenters. The van der Waals surface area contributed by atoms with Crippen LogP contribution in [0.3, 0.4) is 0 Å². The topological polar surface area (TPSA) is 92.2 Å². The molecule has 1 fully saturated rings. The molecule has 2 aromatic heterocycles. The molecule has 2 aromatic rings. The lowest BCUT2D eigenvalue weighted by Crippen LogP contribution is -2.47. The number of nitrogens with zero attached hydrogens (tertiary/aromatic N) is 6. The van der Waals surface area contributed by atoms with Crippen molar-refractivity contribution in [2.45, 2.75) is 24.1 Å². The summed E-state index contributed by atoms with van der Waals surface area (Å²) >= 11 is 0. The van der Waals surface area contributed by atoms with Crippen molar-refractivity contribution in [1.82, 2.24) is 20.2 Å². The van der Waals surface area contributed by atoms with Crippen molar-refractivity contribution >= 4 is 21.6 Å². The molecular weight excluding hydrogens is 328 g/mol. The van der Waals surface area contributed by atoms with Crippen LogP contribution < -0.4 is 9.80 Å². The van der Waals surface area contributed by atoms with E-state index < -0.39 is 15.1 Å². The maximum atomic E-state index is 12.1. The van der Waals surface area contributed by atoms with Crippen LogP contribution in [0.4, 0.5) is 11.8 Å². The molecule has 3 heterocycles. The van der Waals surface area contributed by atoms with Crippen molar-refractivity contribution in [2.24, 2.45) is 0 Å². The van der Waals surface area contributed by atoms with Gasteiger partial charge in [0, 0.05) is 38.6 Å². The average molecular weight is 348 g/mol. The van der Waals surface area contributed by atoms with Gasteiger partial charge in [-0.3, -0.25) is 0 Å². The lowest BCUT2D eigenvalue weighted by atomic mass is 10.3. The standard InChI is InChI=1S/C15H20N6O2S/c1-12(2)24(22,23)14-5-4-13(18-19-14)20-8-10-21(11-9-20)15-16-6-3-7-17-15/h3-7,12H,8-11H2,1-2H3. The van der Waals surface area contributed by atoms with Gasteiger partial charge in [-0.05, 0) is 32.0 Å². The van der Waals surface area contributed by atoms with Crippen LogP contribution in [-0.4, -0.2) is 60.0 Å². The van der Waals surface area contributed by atoms with E-state index >= 15 is 0 Å². The third-order valence-electron chi connectivity index (χ3n) is 3.98. The van der Waals surface area contributed by atoms with Gasteiger partial charge < -0.3 is 9.80 Å². The van der Waals surface area contributed by atoms with E-state index in [2.05, 4.69) is 30.0 Å². The number of anilines is 2. The highest BCUT2D eigenvalue weighted by molar-refractivity contribution is 7.91. The number of sulfone groups is 1. The summed E-state index contributed by atoms with van der Waals surface area (Å²) in [6.07, 6.45) is 3.46. The van der Waals surface area contributed by atoms with Gasteiger partial charge in [-0.15, -0.1) is 10.2 Å². The minimum atomic E-state index is -3.39. The van der Waals surface area contributed by atoms with E-state index in [4.69, 9.17) is 0 Å². The summed E-state index contributed by atoms with van der Waals surface area (Å²) in [5.74, 6) is 1.41. The first-order valence-electron chi connectivity index (χ1n) is 7.83. The average Bonchev–Trinajstić information content (AvgIpc) is 2.62. The highest BCUT2D eigenvalue weighted by atomic mass is 32.2. The molecule has 1 aliphatic heterocycles. The second-order valence-corrected chi connectivity index (χ2v) is 8.30. The zero-order valence-electron chi connectivity index (χ0n) is 13.7. The Labute approximate surface area is 141 Å². The van der Waals surface area contributed by atoms with E-state index in [9.17, 15) is 8.42 Å². The molecule has 0 saturated carbocycles. The van der Waals surface area contributed by atoms with Gasteiger partial charge in [-0.2, -0.15) is 0 Å². The maximum Gasteiger partial charge on any atom is 0.225 e. The highest BCUT2D eigenvalue weighted by Gasteiger charge is 2.23. The SMILES string of the molecule is CC(C)S(=O)(=O)c1ccc(N2CCN(c3ncccn3)CC2)nn1. The summed E-state index contributed by atoms with van der Waals surface area (Å²) < 4.78 is 24.2. The van der Waals surface area contributed by atoms with Gasteiger partial charge in [0.1, 0.15) is 0 Å². The summed E-state index contributed by atoms with van der Waals surface area (Å²) in [5.41, 5.74) is 0. The Morgan fingerprint density at radius 2 is 1.58 bits per heavy atom. The second-order valence-electron chi connectivity index (χ2n) is 5.85. The third-order valence-corrected chi connectivity index (χ3v) is 6.02. The number of piperazine rings is 1. The molecule has 0 N–H and O–H groups in total. The molecule has 128 valence electrons. The monoisotopic (exact) mass is 348 g/mol. The Hall–Kier alpha value is -2.29. The number of rotatable bonds is 4. The Balaban J connectivity index is 1.67. The predicted octanol–water partition coefficient (Wildman–Crippen LogP) is 0.775. The van der Waals surface area contributed by atoms with Crippen molar-refractivity contribution in [3.05, 3.63) is 30.6 Å². The molecule has 0 aliphatic carbocycles. The highest BCUT2D eigenvalue weighted by Crippen LogP contribution is 2.18. The molecule has 3 rings (SSSR count). The quantitative estimate of drug-likeness (QED) is 0.800. The smallest absolute Gasteiger partial charge is 0.225 e. The molecule has 24 heavy (non-hydrogen) atoms. The first kappa shape index (κ1) is 16.6. The van der Waals surface area contributed by atoms with Crippen LogP contribution in [0.15, 0.2) is 35.6 Å². The molecule has 0 amide bonds. The second kappa shape index (κ2) is 6.68.